The summed E-state index contributed by atoms with van der Waals surface area (Å²) < 4.78 is 0. The van der Waals surface area contributed by atoms with E-state index in [-0.39, 0.29) is 17.4 Å². The molecule has 100 valence electrons. The standard InChI is InChI=1S/C13H26N2OS/c1-4-5-13(6-8-14-9-7-13)12(16)15-11(2)10-17-3/h11,14H,4-10H2,1-3H3,(H,15,16). The van der Waals surface area contributed by atoms with Crippen LogP contribution in [0.3, 0.4) is 0 Å². The largest absolute Gasteiger partial charge is 0.352 e. The third-order valence-corrected chi connectivity index (χ3v) is 4.40. The van der Waals surface area contributed by atoms with Gasteiger partial charge in [-0.1, -0.05) is 13.3 Å². The highest BCUT2D eigenvalue weighted by molar-refractivity contribution is 7.98. The summed E-state index contributed by atoms with van der Waals surface area (Å²) >= 11 is 1.78. The molecule has 0 saturated carbocycles. The zero-order valence-electron chi connectivity index (χ0n) is 11.3. The lowest BCUT2D eigenvalue weighted by Gasteiger charge is -2.37. The third-order valence-electron chi connectivity index (χ3n) is 3.57. The van der Waals surface area contributed by atoms with Crippen molar-refractivity contribution in [3.63, 3.8) is 0 Å². The summed E-state index contributed by atoms with van der Waals surface area (Å²) in [5, 5.41) is 6.54. The number of amides is 1. The summed E-state index contributed by atoms with van der Waals surface area (Å²) in [4.78, 5) is 12.4. The molecule has 1 unspecified atom stereocenters. The first-order valence-electron chi connectivity index (χ1n) is 6.65. The van der Waals surface area contributed by atoms with Crippen LogP contribution in [0.25, 0.3) is 0 Å². The number of thioether (sulfide) groups is 1. The topological polar surface area (TPSA) is 41.1 Å². The molecule has 1 saturated heterocycles. The third kappa shape index (κ3) is 4.18. The summed E-state index contributed by atoms with van der Waals surface area (Å²) in [6, 6.07) is 0.279. The number of carbonyl (C=O) groups is 1. The van der Waals surface area contributed by atoms with Gasteiger partial charge < -0.3 is 10.6 Å². The average Bonchev–Trinajstić information content (AvgIpc) is 2.30. The van der Waals surface area contributed by atoms with Gasteiger partial charge in [0, 0.05) is 11.8 Å². The predicted octanol–water partition coefficient (Wildman–Crippen LogP) is 2.02. The maximum atomic E-state index is 12.4. The Hall–Kier alpha value is -0.220. The average molecular weight is 258 g/mol. The first-order chi connectivity index (χ1) is 8.14. The van der Waals surface area contributed by atoms with Crippen LogP contribution in [-0.4, -0.2) is 37.0 Å². The van der Waals surface area contributed by atoms with E-state index in [1.807, 2.05) is 0 Å². The van der Waals surface area contributed by atoms with Crippen molar-refractivity contribution in [2.75, 3.05) is 25.1 Å². The van der Waals surface area contributed by atoms with E-state index in [0.717, 1.165) is 44.5 Å². The van der Waals surface area contributed by atoms with Crippen molar-refractivity contribution in [1.82, 2.24) is 10.6 Å². The molecule has 0 bridgehead atoms. The molecule has 1 aliphatic heterocycles. The van der Waals surface area contributed by atoms with Crippen molar-refractivity contribution in [1.29, 1.82) is 0 Å². The van der Waals surface area contributed by atoms with Gasteiger partial charge in [-0.05, 0) is 45.5 Å². The molecule has 1 atom stereocenters. The number of hydrogen-bond donors (Lipinski definition) is 2. The molecule has 1 rings (SSSR count). The molecule has 3 nitrogen and oxygen atoms in total. The Balaban J connectivity index is 2.59. The SMILES string of the molecule is CCCC1(C(=O)NC(C)CSC)CCNCC1. The Labute approximate surface area is 109 Å². The van der Waals surface area contributed by atoms with Crippen LogP contribution in [-0.2, 0) is 4.79 Å². The summed E-state index contributed by atoms with van der Waals surface area (Å²) in [6.45, 7) is 6.21. The molecule has 2 N–H and O–H groups in total. The van der Waals surface area contributed by atoms with Gasteiger partial charge in [-0.2, -0.15) is 11.8 Å². The second-order valence-electron chi connectivity index (χ2n) is 5.11. The summed E-state index contributed by atoms with van der Waals surface area (Å²) in [6.07, 6.45) is 6.16. The summed E-state index contributed by atoms with van der Waals surface area (Å²) in [7, 11) is 0. The van der Waals surface area contributed by atoms with Crippen LogP contribution in [0.15, 0.2) is 0 Å². The van der Waals surface area contributed by atoms with Gasteiger partial charge in [0.25, 0.3) is 0 Å². The molecular formula is C13H26N2OS. The highest BCUT2D eigenvalue weighted by atomic mass is 32.2. The fourth-order valence-corrected chi connectivity index (χ4v) is 3.23. The molecule has 1 amide bonds. The van der Waals surface area contributed by atoms with Gasteiger partial charge in [-0.15, -0.1) is 0 Å². The predicted molar refractivity (Wildman–Crippen MR) is 75.4 cm³/mol. The van der Waals surface area contributed by atoms with Crippen molar-refractivity contribution < 1.29 is 4.79 Å². The maximum absolute atomic E-state index is 12.4. The molecule has 4 heteroatoms. The first-order valence-corrected chi connectivity index (χ1v) is 8.04. The molecule has 1 aliphatic rings. The van der Waals surface area contributed by atoms with Crippen LogP contribution in [0.2, 0.25) is 0 Å². The number of piperidine rings is 1. The van der Waals surface area contributed by atoms with E-state index in [1.165, 1.54) is 0 Å². The first kappa shape index (κ1) is 14.8. The summed E-state index contributed by atoms with van der Waals surface area (Å²) in [5.74, 6) is 1.27. The fraction of sp³-hybridized carbons (Fsp3) is 0.923. The highest BCUT2D eigenvalue weighted by Gasteiger charge is 2.38. The summed E-state index contributed by atoms with van der Waals surface area (Å²) in [5.41, 5.74) is -0.104. The lowest BCUT2D eigenvalue weighted by molar-refractivity contribution is -0.133. The van der Waals surface area contributed by atoms with Gasteiger partial charge in [-0.25, -0.2) is 0 Å². The number of nitrogens with one attached hydrogen (secondary N) is 2. The van der Waals surface area contributed by atoms with Crippen LogP contribution < -0.4 is 10.6 Å². The zero-order valence-corrected chi connectivity index (χ0v) is 12.2. The van der Waals surface area contributed by atoms with E-state index in [2.05, 4.69) is 30.7 Å². The van der Waals surface area contributed by atoms with Crippen LogP contribution in [0.1, 0.15) is 39.5 Å². The van der Waals surface area contributed by atoms with Crippen LogP contribution in [0, 0.1) is 5.41 Å². The molecule has 1 heterocycles. The van der Waals surface area contributed by atoms with Gasteiger partial charge in [-0.3, -0.25) is 4.79 Å². The maximum Gasteiger partial charge on any atom is 0.226 e. The zero-order chi connectivity index (χ0) is 12.7. The van der Waals surface area contributed by atoms with E-state index < -0.39 is 0 Å². The molecule has 0 radical (unpaired) electrons. The molecule has 0 aromatic heterocycles. The van der Waals surface area contributed by atoms with E-state index in [9.17, 15) is 4.79 Å². The van der Waals surface area contributed by atoms with Crippen molar-refractivity contribution in [2.24, 2.45) is 5.41 Å². The van der Waals surface area contributed by atoms with Crippen LogP contribution in [0.5, 0.6) is 0 Å². The van der Waals surface area contributed by atoms with Crippen LogP contribution in [0.4, 0.5) is 0 Å². The molecule has 0 spiro atoms. The van der Waals surface area contributed by atoms with E-state index in [1.54, 1.807) is 11.8 Å². The molecular weight excluding hydrogens is 232 g/mol. The van der Waals surface area contributed by atoms with Crippen molar-refractivity contribution >= 4 is 17.7 Å². The lowest BCUT2D eigenvalue weighted by Crippen LogP contribution is -2.50. The van der Waals surface area contributed by atoms with E-state index in [0.29, 0.717) is 0 Å². The Kier molecular flexibility index (Phi) is 6.34. The highest BCUT2D eigenvalue weighted by Crippen LogP contribution is 2.34. The van der Waals surface area contributed by atoms with Crippen LogP contribution >= 0.6 is 11.8 Å². The van der Waals surface area contributed by atoms with Gasteiger partial charge in [0.05, 0.1) is 5.41 Å². The molecule has 0 aromatic carbocycles. The Bertz CT molecular complexity index is 234. The second kappa shape index (κ2) is 7.27. The monoisotopic (exact) mass is 258 g/mol. The number of carbonyl (C=O) groups excluding carboxylic acids is 1. The molecule has 0 aliphatic carbocycles. The minimum absolute atomic E-state index is 0.104. The van der Waals surface area contributed by atoms with Crippen molar-refractivity contribution in [3.05, 3.63) is 0 Å². The smallest absolute Gasteiger partial charge is 0.226 e. The minimum atomic E-state index is -0.104. The minimum Gasteiger partial charge on any atom is -0.352 e. The quantitative estimate of drug-likeness (QED) is 0.766. The van der Waals surface area contributed by atoms with Gasteiger partial charge in [0.15, 0.2) is 0 Å². The fourth-order valence-electron chi connectivity index (χ4n) is 2.64. The Morgan fingerprint density at radius 1 is 1.47 bits per heavy atom. The van der Waals surface area contributed by atoms with Gasteiger partial charge in [0.2, 0.25) is 5.91 Å². The molecule has 0 aromatic rings. The Morgan fingerprint density at radius 2 is 2.12 bits per heavy atom. The van der Waals surface area contributed by atoms with Gasteiger partial charge in [0.1, 0.15) is 0 Å². The second-order valence-corrected chi connectivity index (χ2v) is 6.02. The lowest BCUT2D eigenvalue weighted by atomic mass is 9.74. The number of hydrogen-bond acceptors (Lipinski definition) is 3. The molecule has 17 heavy (non-hydrogen) atoms. The van der Waals surface area contributed by atoms with Gasteiger partial charge >= 0.3 is 0 Å². The molecule has 1 fully saturated rings. The number of rotatable bonds is 6. The van der Waals surface area contributed by atoms with E-state index >= 15 is 0 Å². The Morgan fingerprint density at radius 3 is 2.65 bits per heavy atom. The van der Waals surface area contributed by atoms with E-state index in [4.69, 9.17) is 0 Å². The van der Waals surface area contributed by atoms with Crippen molar-refractivity contribution in [2.45, 2.75) is 45.6 Å². The normalized spacial score (nSPS) is 20.9. The van der Waals surface area contributed by atoms with Crippen molar-refractivity contribution in [3.8, 4) is 0 Å².